The maximum atomic E-state index is 12.0. The molecular weight excluding hydrogens is 571 g/mol. The Morgan fingerprint density at radius 3 is 2.50 bits per heavy atom. The Morgan fingerprint density at radius 1 is 1.02 bits per heavy atom. The number of rotatable bonds is 8. The molecule has 0 aliphatic carbocycles. The van der Waals surface area contributed by atoms with Crippen LogP contribution in [0.1, 0.15) is 35.6 Å². The molecule has 42 heavy (non-hydrogen) atoms. The third-order valence-electron chi connectivity index (χ3n) is 7.43. The summed E-state index contributed by atoms with van der Waals surface area (Å²) >= 11 is 0. The number of anilines is 2. The molecule has 0 spiro atoms. The maximum Gasteiger partial charge on any atom is 0.237 e. The molecule has 0 bridgehead atoms. The van der Waals surface area contributed by atoms with Crippen LogP contribution in [0.2, 0.25) is 0 Å². The van der Waals surface area contributed by atoms with Crippen LogP contribution in [-0.4, -0.2) is 41.6 Å². The Labute approximate surface area is 258 Å². The minimum Gasteiger partial charge on any atom is -0.469 e. The lowest BCUT2D eigenvalue weighted by molar-refractivity contribution is -0.117. The second-order valence-corrected chi connectivity index (χ2v) is 10.1. The van der Waals surface area contributed by atoms with Crippen LogP contribution in [0, 0.1) is 11.3 Å². The van der Waals surface area contributed by atoms with Crippen molar-refractivity contribution >= 4 is 42.2 Å². The molecule has 0 radical (unpaired) electrons. The van der Waals surface area contributed by atoms with Crippen LogP contribution in [0.3, 0.4) is 0 Å². The lowest BCUT2D eigenvalue weighted by Crippen LogP contribution is -2.43. The number of halogens is 2. The highest BCUT2D eigenvalue weighted by atomic mass is 35.5. The molecule has 4 aromatic rings. The zero-order valence-corrected chi connectivity index (χ0v) is 24.5. The first-order chi connectivity index (χ1) is 19.7. The molecule has 10 heteroatoms. The van der Waals surface area contributed by atoms with Crippen molar-refractivity contribution in [2.45, 2.75) is 31.4 Å². The summed E-state index contributed by atoms with van der Waals surface area (Å²) in [5.41, 5.74) is 5.70. The first-order valence-electron chi connectivity index (χ1n) is 13.6. The van der Waals surface area contributed by atoms with E-state index in [0.717, 1.165) is 48.3 Å². The molecule has 4 heterocycles. The summed E-state index contributed by atoms with van der Waals surface area (Å²) in [4.78, 5) is 23.0. The Hall–Kier alpha value is -4.16. The summed E-state index contributed by atoms with van der Waals surface area (Å²) in [5, 5.41) is 16.3. The molecule has 216 valence electrons. The van der Waals surface area contributed by atoms with Gasteiger partial charge in [0.1, 0.15) is 11.9 Å². The third-order valence-corrected chi connectivity index (χ3v) is 7.43. The fourth-order valence-corrected chi connectivity index (χ4v) is 5.26. The van der Waals surface area contributed by atoms with E-state index < -0.39 is 0 Å². The second kappa shape index (κ2) is 14.1. The molecule has 2 aromatic carbocycles. The molecule has 8 nitrogen and oxygen atoms in total. The van der Waals surface area contributed by atoms with Crippen LogP contribution in [-0.2, 0) is 11.2 Å². The van der Waals surface area contributed by atoms with Crippen LogP contribution in [0.15, 0.2) is 85.2 Å². The minimum absolute atomic E-state index is 0. The number of pyridine rings is 2. The number of fused-ring (bicyclic) bond motifs is 1. The molecule has 6 rings (SSSR count). The topological polar surface area (TPSA) is 103 Å². The van der Waals surface area contributed by atoms with E-state index in [1.165, 1.54) is 5.56 Å². The van der Waals surface area contributed by atoms with Crippen LogP contribution < -0.4 is 20.3 Å². The average molecular weight is 604 g/mol. The number of carbonyl (C=O) groups excluding carboxylic acids is 1. The molecule has 0 unspecified atom stereocenters. The summed E-state index contributed by atoms with van der Waals surface area (Å²) in [7, 11) is 0. The lowest BCUT2D eigenvalue weighted by atomic mass is 9.99. The largest absolute Gasteiger partial charge is 0.469 e. The number of nitrogens with one attached hydrogen (secondary N) is 2. The van der Waals surface area contributed by atoms with Gasteiger partial charge in [-0.2, -0.15) is 5.26 Å². The SMILES string of the molecule is Cl.Cl.N#Cc1ccc(CCN[C@H](c2ccccc2)[C@@H]2CNc3cc(-c4ccc(N5CCCC5=O)nc4)cnc3O2)cc1. The predicted octanol–water partition coefficient (Wildman–Crippen LogP) is 5.73. The number of amides is 1. The van der Waals surface area contributed by atoms with Crippen molar-refractivity contribution in [2.75, 3.05) is 29.9 Å². The van der Waals surface area contributed by atoms with Crippen molar-refractivity contribution in [1.82, 2.24) is 15.3 Å². The zero-order chi connectivity index (χ0) is 27.3. The Morgan fingerprint density at radius 2 is 1.81 bits per heavy atom. The van der Waals surface area contributed by atoms with Gasteiger partial charge < -0.3 is 15.4 Å². The number of ether oxygens (including phenoxy) is 1. The highest BCUT2D eigenvalue weighted by Gasteiger charge is 2.30. The van der Waals surface area contributed by atoms with Crippen molar-refractivity contribution in [3.05, 3.63) is 102 Å². The van der Waals surface area contributed by atoms with Crippen molar-refractivity contribution < 1.29 is 9.53 Å². The van der Waals surface area contributed by atoms with E-state index in [-0.39, 0.29) is 42.9 Å². The Balaban J connectivity index is 0.00000202. The standard InChI is InChI=1S/C32H30N6O2.2ClH/c33-18-23-10-8-22(9-11-23)14-15-34-31(24-5-2-1-3-6-24)28-21-35-27-17-26(20-37-32(27)40-28)25-12-13-29(36-19-25)38-16-4-7-30(38)39;;/h1-3,5-6,8-13,17,19-20,28,31,34-35H,4,7,14-16,21H2;2*1H/t28-,31+;;/m0../s1. The van der Waals surface area contributed by atoms with E-state index in [1.807, 2.05) is 60.7 Å². The van der Waals surface area contributed by atoms with Gasteiger partial charge in [0, 0.05) is 36.5 Å². The molecule has 1 amide bonds. The Kier molecular flexibility index (Phi) is 10.4. The van der Waals surface area contributed by atoms with Gasteiger partial charge in [-0.1, -0.05) is 42.5 Å². The van der Waals surface area contributed by atoms with Gasteiger partial charge in [0.25, 0.3) is 0 Å². The molecule has 2 aromatic heterocycles. The molecule has 0 saturated carbocycles. The quantitative estimate of drug-likeness (QED) is 0.265. The second-order valence-electron chi connectivity index (χ2n) is 10.1. The number of nitrogens with zero attached hydrogens (tertiary/aromatic N) is 4. The van der Waals surface area contributed by atoms with Gasteiger partial charge in [-0.3, -0.25) is 9.69 Å². The predicted molar refractivity (Wildman–Crippen MR) is 169 cm³/mol. The van der Waals surface area contributed by atoms with Gasteiger partial charge in [0.15, 0.2) is 0 Å². The summed E-state index contributed by atoms with van der Waals surface area (Å²) < 4.78 is 6.44. The van der Waals surface area contributed by atoms with Crippen molar-refractivity contribution in [3.8, 4) is 23.1 Å². The minimum atomic E-state index is -0.159. The average Bonchev–Trinajstić information content (AvgIpc) is 3.45. The molecule has 1 fully saturated rings. The first-order valence-corrected chi connectivity index (χ1v) is 13.6. The van der Waals surface area contributed by atoms with E-state index in [9.17, 15) is 4.79 Å². The van der Waals surface area contributed by atoms with E-state index >= 15 is 0 Å². The van der Waals surface area contributed by atoms with Crippen molar-refractivity contribution in [3.63, 3.8) is 0 Å². The van der Waals surface area contributed by atoms with E-state index in [2.05, 4.69) is 38.8 Å². The first kappa shape index (κ1) is 30.8. The van der Waals surface area contributed by atoms with Gasteiger partial charge >= 0.3 is 0 Å². The number of carbonyl (C=O) groups is 1. The van der Waals surface area contributed by atoms with Crippen LogP contribution in [0.4, 0.5) is 11.5 Å². The van der Waals surface area contributed by atoms with Crippen molar-refractivity contribution in [2.24, 2.45) is 0 Å². The smallest absolute Gasteiger partial charge is 0.237 e. The summed E-state index contributed by atoms with van der Waals surface area (Å²) in [6.07, 6.45) is 5.74. The van der Waals surface area contributed by atoms with E-state index in [0.29, 0.717) is 30.2 Å². The molecule has 2 aliphatic rings. The summed E-state index contributed by atoms with van der Waals surface area (Å²) in [6, 6.07) is 26.1. The highest BCUT2D eigenvalue weighted by Crippen LogP contribution is 2.34. The number of hydrogen-bond donors (Lipinski definition) is 2. The number of hydrogen-bond acceptors (Lipinski definition) is 7. The highest BCUT2D eigenvalue weighted by molar-refractivity contribution is 5.94. The van der Waals surface area contributed by atoms with Crippen LogP contribution >= 0.6 is 24.8 Å². The number of aromatic nitrogens is 2. The summed E-state index contributed by atoms with van der Waals surface area (Å²) in [6.45, 7) is 2.11. The summed E-state index contributed by atoms with van der Waals surface area (Å²) in [5.74, 6) is 1.39. The van der Waals surface area contributed by atoms with Crippen LogP contribution in [0.25, 0.3) is 11.1 Å². The lowest BCUT2D eigenvalue weighted by Gasteiger charge is -2.33. The molecule has 1 saturated heterocycles. The van der Waals surface area contributed by atoms with Crippen LogP contribution in [0.5, 0.6) is 5.88 Å². The van der Waals surface area contributed by atoms with Gasteiger partial charge in [-0.15, -0.1) is 24.8 Å². The zero-order valence-electron chi connectivity index (χ0n) is 22.9. The van der Waals surface area contributed by atoms with Gasteiger partial charge in [-0.25, -0.2) is 9.97 Å². The fourth-order valence-electron chi connectivity index (χ4n) is 5.26. The normalized spacial score (nSPS) is 16.1. The molecule has 2 atom stereocenters. The van der Waals surface area contributed by atoms with Gasteiger partial charge in [0.05, 0.1) is 29.9 Å². The van der Waals surface area contributed by atoms with Gasteiger partial charge in [-0.05, 0) is 60.8 Å². The molecule has 2 N–H and O–H groups in total. The number of nitriles is 1. The van der Waals surface area contributed by atoms with Crippen molar-refractivity contribution in [1.29, 1.82) is 5.26 Å². The molecular formula is C32H32Cl2N6O2. The van der Waals surface area contributed by atoms with E-state index in [1.54, 1.807) is 17.3 Å². The fraction of sp³-hybridized carbons (Fsp3) is 0.250. The third kappa shape index (κ3) is 6.82. The Bertz CT molecular complexity index is 1530. The monoisotopic (exact) mass is 602 g/mol. The maximum absolute atomic E-state index is 12.0. The number of benzene rings is 2. The van der Waals surface area contributed by atoms with E-state index in [4.69, 9.17) is 10.00 Å². The van der Waals surface area contributed by atoms with Gasteiger partial charge in [0.2, 0.25) is 11.8 Å². The molecule has 2 aliphatic heterocycles.